The Bertz CT molecular complexity index is 128. The van der Waals surface area contributed by atoms with Crippen LogP contribution < -0.4 is 11.1 Å². The minimum Gasteiger partial charge on any atom is -0.394 e. The standard InChI is InChI=1S/C7H16N2O3/c1-6(8)7(11)9-2-4-12-5-3-10/h6,10H,2-5,8H2,1H3,(H,9,11)/t6-/m1/s1. The maximum absolute atomic E-state index is 10.8. The Hall–Kier alpha value is -0.650. The van der Waals surface area contributed by atoms with Gasteiger partial charge in [0.1, 0.15) is 0 Å². The lowest BCUT2D eigenvalue weighted by atomic mass is 10.3. The number of hydrogen-bond acceptors (Lipinski definition) is 4. The molecule has 0 heterocycles. The first-order valence-corrected chi connectivity index (χ1v) is 3.90. The Balaban J connectivity index is 3.14. The molecule has 72 valence electrons. The van der Waals surface area contributed by atoms with Gasteiger partial charge >= 0.3 is 0 Å². The predicted octanol–water partition coefficient (Wildman–Crippen LogP) is -1.54. The third-order valence-corrected chi connectivity index (χ3v) is 1.19. The minimum absolute atomic E-state index is 0.00123. The zero-order chi connectivity index (χ0) is 9.40. The molecule has 0 spiro atoms. The van der Waals surface area contributed by atoms with E-state index in [1.807, 2.05) is 0 Å². The fraction of sp³-hybridized carbons (Fsp3) is 0.857. The van der Waals surface area contributed by atoms with Crippen molar-refractivity contribution in [1.29, 1.82) is 0 Å². The summed E-state index contributed by atoms with van der Waals surface area (Å²) in [5.41, 5.74) is 5.28. The molecule has 0 saturated heterocycles. The zero-order valence-corrected chi connectivity index (χ0v) is 7.25. The first-order chi connectivity index (χ1) is 5.68. The molecular formula is C7H16N2O3. The summed E-state index contributed by atoms with van der Waals surface area (Å²) in [6.07, 6.45) is 0. The second-order valence-corrected chi connectivity index (χ2v) is 2.42. The molecule has 0 saturated carbocycles. The van der Waals surface area contributed by atoms with Crippen LogP contribution in [0.15, 0.2) is 0 Å². The molecule has 5 heteroatoms. The molecule has 0 aromatic heterocycles. The third-order valence-electron chi connectivity index (χ3n) is 1.19. The van der Waals surface area contributed by atoms with Gasteiger partial charge in [0, 0.05) is 6.54 Å². The van der Waals surface area contributed by atoms with Gasteiger partial charge in [-0.05, 0) is 6.92 Å². The van der Waals surface area contributed by atoms with Crippen molar-refractivity contribution in [2.24, 2.45) is 5.73 Å². The van der Waals surface area contributed by atoms with Crippen molar-refractivity contribution in [2.75, 3.05) is 26.4 Å². The molecule has 1 atom stereocenters. The van der Waals surface area contributed by atoms with Gasteiger partial charge < -0.3 is 20.9 Å². The van der Waals surface area contributed by atoms with Crippen LogP contribution in [0.2, 0.25) is 0 Å². The van der Waals surface area contributed by atoms with Crippen molar-refractivity contribution in [3.63, 3.8) is 0 Å². The van der Waals surface area contributed by atoms with Crippen LogP contribution >= 0.6 is 0 Å². The molecule has 0 aromatic carbocycles. The molecule has 0 rings (SSSR count). The number of carbonyl (C=O) groups excluding carboxylic acids is 1. The highest BCUT2D eigenvalue weighted by molar-refractivity contribution is 5.80. The molecule has 12 heavy (non-hydrogen) atoms. The van der Waals surface area contributed by atoms with Gasteiger partial charge in [-0.2, -0.15) is 0 Å². The van der Waals surface area contributed by atoms with Crippen LogP contribution in [0, 0.1) is 0 Å². The maximum Gasteiger partial charge on any atom is 0.236 e. The summed E-state index contributed by atoms with van der Waals surface area (Å²) in [6, 6.07) is -0.483. The van der Waals surface area contributed by atoms with Gasteiger partial charge in [0.25, 0.3) is 0 Å². The van der Waals surface area contributed by atoms with Gasteiger partial charge in [0.15, 0.2) is 0 Å². The fourth-order valence-electron chi connectivity index (χ4n) is 0.574. The van der Waals surface area contributed by atoms with Crippen LogP contribution in [0.4, 0.5) is 0 Å². The van der Waals surface area contributed by atoms with Crippen molar-refractivity contribution in [3.05, 3.63) is 0 Å². The van der Waals surface area contributed by atoms with Gasteiger partial charge in [-0.15, -0.1) is 0 Å². The predicted molar refractivity (Wildman–Crippen MR) is 44.6 cm³/mol. The van der Waals surface area contributed by atoms with E-state index in [2.05, 4.69) is 5.32 Å². The fourth-order valence-corrected chi connectivity index (χ4v) is 0.574. The monoisotopic (exact) mass is 176 g/mol. The third kappa shape index (κ3) is 6.09. The Morgan fingerprint density at radius 1 is 1.67 bits per heavy atom. The summed E-state index contributed by atoms with van der Waals surface area (Å²) in [4.78, 5) is 10.8. The van der Waals surface area contributed by atoms with Crippen molar-refractivity contribution in [2.45, 2.75) is 13.0 Å². The SMILES string of the molecule is C[C@@H](N)C(=O)NCCOCCO. The number of aliphatic hydroxyl groups is 1. The van der Waals surface area contributed by atoms with Gasteiger partial charge in [-0.3, -0.25) is 4.79 Å². The summed E-state index contributed by atoms with van der Waals surface area (Å²) in [7, 11) is 0. The zero-order valence-electron chi connectivity index (χ0n) is 7.25. The van der Waals surface area contributed by atoms with Crippen LogP contribution in [0.3, 0.4) is 0 Å². The number of hydrogen-bond donors (Lipinski definition) is 3. The molecule has 0 fully saturated rings. The highest BCUT2D eigenvalue weighted by atomic mass is 16.5. The molecule has 0 radical (unpaired) electrons. The average molecular weight is 176 g/mol. The van der Waals surface area contributed by atoms with E-state index in [9.17, 15) is 4.79 Å². The molecule has 0 aliphatic carbocycles. The molecule has 0 aliphatic heterocycles. The summed E-state index contributed by atoms with van der Waals surface area (Å²) >= 11 is 0. The van der Waals surface area contributed by atoms with Crippen LogP contribution in [-0.4, -0.2) is 43.4 Å². The summed E-state index contributed by atoms with van der Waals surface area (Å²) in [6.45, 7) is 2.75. The van der Waals surface area contributed by atoms with Crippen LogP contribution in [0.25, 0.3) is 0 Å². The van der Waals surface area contributed by atoms with Gasteiger partial charge in [-0.25, -0.2) is 0 Å². The highest BCUT2D eigenvalue weighted by Crippen LogP contribution is 1.75. The van der Waals surface area contributed by atoms with E-state index in [0.717, 1.165) is 0 Å². The summed E-state index contributed by atoms with van der Waals surface area (Å²) in [5, 5.41) is 10.9. The van der Waals surface area contributed by atoms with Gasteiger partial charge in [-0.1, -0.05) is 0 Å². The minimum atomic E-state index is -0.483. The van der Waals surface area contributed by atoms with E-state index in [-0.39, 0.29) is 12.5 Å². The van der Waals surface area contributed by atoms with Crippen molar-refractivity contribution in [3.8, 4) is 0 Å². The molecule has 0 aromatic rings. The molecule has 5 nitrogen and oxygen atoms in total. The van der Waals surface area contributed by atoms with Gasteiger partial charge in [0.05, 0.1) is 25.9 Å². The second-order valence-electron chi connectivity index (χ2n) is 2.42. The lowest BCUT2D eigenvalue weighted by Crippen LogP contribution is -2.39. The van der Waals surface area contributed by atoms with Crippen LogP contribution in [-0.2, 0) is 9.53 Å². The normalized spacial score (nSPS) is 12.6. The smallest absolute Gasteiger partial charge is 0.236 e. The van der Waals surface area contributed by atoms with Crippen molar-refractivity contribution in [1.82, 2.24) is 5.32 Å². The number of carbonyl (C=O) groups is 1. The lowest BCUT2D eigenvalue weighted by molar-refractivity contribution is -0.122. The first kappa shape index (κ1) is 11.4. The Kier molecular flexibility index (Phi) is 6.64. The number of rotatable bonds is 6. The number of aliphatic hydroxyl groups excluding tert-OH is 1. The van der Waals surface area contributed by atoms with Crippen LogP contribution in [0.5, 0.6) is 0 Å². The lowest BCUT2D eigenvalue weighted by Gasteiger charge is -2.07. The molecule has 1 amide bonds. The second kappa shape index (κ2) is 7.02. The molecule has 0 aliphatic rings. The van der Waals surface area contributed by atoms with E-state index >= 15 is 0 Å². The molecular weight excluding hydrogens is 160 g/mol. The van der Waals surface area contributed by atoms with Gasteiger partial charge in [0.2, 0.25) is 5.91 Å². The molecule has 0 bridgehead atoms. The average Bonchev–Trinajstić information content (AvgIpc) is 2.03. The Morgan fingerprint density at radius 2 is 2.33 bits per heavy atom. The summed E-state index contributed by atoms with van der Waals surface area (Å²) in [5.74, 6) is -0.192. The Labute approximate surface area is 71.9 Å². The summed E-state index contributed by atoms with van der Waals surface area (Å²) < 4.78 is 4.91. The highest BCUT2D eigenvalue weighted by Gasteiger charge is 2.04. The number of amides is 1. The topological polar surface area (TPSA) is 84.6 Å². The van der Waals surface area contributed by atoms with Crippen LogP contribution in [0.1, 0.15) is 6.92 Å². The quantitative estimate of drug-likeness (QED) is 0.428. The van der Waals surface area contributed by atoms with Crippen molar-refractivity contribution < 1.29 is 14.6 Å². The number of nitrogens with one attached hydrogen (secondary N) is 1. The van der Waals surface area contributed by atoms with E-state index in [0.29, 0.717) is 19.8 Å². The number of nitrogens with two attached hydrogens (primary N) is 1. The van der Waals surface area contributed by atoms with E-state index in [1.165, 1.54) is 0 Å². The molecule has 4 N–H and O–H groups in total. The maximum atomic E-state index is 10.8. The molecule has 0 unspecified atom stereocenters. The van der Waals surface area contributed by atoms with Crippen molar-refractivity contribution >= 4 is 5.91 Å². The van der Waals surface area contributed by atoms with E-state index in [4.69, 9.17) is 15.6 Å². The van der Waals surface area contributed by atoms with E-state index in [1.54, 1.807) is 6.92 Å². The Morgan fingerprint density at radius 3 is 2.83 bits per heavy atom. The largest absolute Gasteiger partial charge is 0.394 e. The first-order valence-electron chi connectivity index (χ1n) is 3.90. The number of ether oxygens (including phenoxy) is 1. The van der Waals surface area contributed by atoms with E-state index < -0.39 is 6.04 Å².